The van der Waals surface area contributed by atoms with Crippen LogP contribution in [-0.4, -0.2) is 34.1 Å². The second-order valence-electron chi connectivity index (χ2n) is 7.38. The number of rotatable bonds is 6. The van der Waals surface area contributed by atoms with Crippen LogP contribution in [0.25, 0.3) is 0 Å². The molecule has 3 rings (SSSR count). The largest absolute Gasteiger partial charge is 0.378 e. The van der Waals surface area contributed by atoms with E-state index >= 15 is 0 Å². The van der Waals surface area contributed by atoms with Gasteiger partial charge in [0.05, 0.1) is 11.4 Å². The minimum absolute atomic E-state index is 0.182. The SMILES string of the molecule is CCCCCC(=O)N1c2ccc(N(C)C)cc2Sc2cc(N(C)C)ccc21. The second-order valence-corrected chi connectivity index (χ2v) is 8.47. The lowest BCUT2D eigenvalue weighted by molar-refractivity contribution is -0.118. The maximum atomic E-state index is 13.1. The molecule has 5 heteroatoms. The Labute approximate surface area is 167 Å². The fraction of sp³-hybridized carbons (Fsp3) is 0.409. The number of hydrogen-bond donors (Lipinski definition) is 0. The molecule has 0 N–H and O–H groups in total. The quantitative estimate of drug-likeness (QED) is 0.613. The van der Waals surface area contributed by atoms with Crippen molar-refractivity contribution in [2.45, 2.75) is 42.4 Å². The first-order valence-electron chi connectivity index (χ1n) is 9.56. The molecule has 1 amide bonds. The Balaban J connectivity index is 2.04. The zero-order valence-electron chi connectivity index (χ0n) is 17.0. The van der Waals surface area contributed by atoms with Crippen LogP contribution < -0.4 is 14.7 Å². The molecule has 0 aromatic heterocycles. The van der Waals surface area contributed by atoms with E-state index in [0.717, 1.165) is 51.8 Å². The van der Waals surface area contributed by atoms with Crippen molar-refractivity contribution < 1.29 is 4.79 Å². The molecule has 2 aromatic rings. The van der Waals surface area contributed by atoms with Crippen molar-refractivity contribution in [3.8, 4) is 0 Å². The van der Waals surface area contributed by atoms with Crippen LogP contribution in [-0.2, 0) is 4.79 Å². The van der Waals surface area contributed by atoms with Crippen LogP contribution in [0.3, 0.4) is 0 Å². The topological polar surface area (TPSA) is 26.8 Å². The van der Waals surface area contributed by atoms with Gasteiger partial charge in [-0.2, -0.15) is 0 Å². The van der Waals surface area contributed by atoms with Gasteiger partial charge in [-0.25, -0.2) is 0 Å². The lowest BCUT2D eigenvalue weighted by atomic mass is 10.1. The van der Waals surface area contributed by atoms with Crippen LogP contribution >= 0.6 is 11.8 Å². The fourth-order valence-electron chi connectivity index (χ4n) is 3.25. The molecule has 0 radical (unpaired) electrons. The van der Waals surface area contributed by atoms with Gasteiger partial charge in [0, 0.05) is 55.8 Å². The molecule has 27 heavy (non-hydrogen) atoms. The molecular weight excluding hydrogens is 354 g/mol. The summed E-state index contributed by atoms with van der Waals surface area (Å²) in [5, 5.41) is 0. The third-order valence-corrected chi connectivity index (χ3v) is 5.96. The molecule has 1 aliphatic rings. The highest BCUT2D eigenvalue weighted by Crippen LogP contribution is 2.50. The van der Waals surface area contributed by atoms with Crippen molar-refractivity contribution in [2.75, 3.05) is 42.9 Å². The monoisotopic (exact) mass is 383 g/mol. The zero-order chi connectivity index (χ0) is 19.6. The van der Waals surface area contributed by atoms with Crippen molar-refractivity contribution in [2.24, 2.45) is 0 Å². The molecule has 0 unspecified atom stereocenters. The number of unbranched alkanes of at least 4 members (excludes halogenated alkanes) is 2. The molecule has 144 valence electrons. The van der Waals surface area contributed by atoms with E-state index in [1.54, 1.807) is 11.8 Å². The molecule has 1 aliphatic heterocycles. The van der Waals surface area contributed by atoms with Crippen LogP contribution in [0.5, 0.6) is 0 Å². The second kappa shape index (κ2) is 8.26. The van der Waals surface area contributed by atoms with Gasteiger partial charge >= 0.3 is 0 Å². The van der Waals surface area contributed by atoms with Gasteiger partial charge in [-0.15, -0.1) is 0 Å². The van der Waals surface area contributed by atoms with E-state index in [0.29, 0.717) is 6.42 Å². The molecule has 0 saturated carbocycles. The Kier molecular flexibility index (Phi) is 6.00. The molecule has 1 heterocycles. The molecule has 0 aliphatic carbocycles. The molecule has 0 fully saturated rings. The standard InChI is InChI=1S/C22H29N3OS/c1-6-7-8-9-22(26)25-18-12-10-16(23(2)3)14-20(18)27-21-15-17(24(4)5)11-13-19(21)25/h10-15H,6-9H2,1-5H3. The van der Waals surface area contributed by atoms with Gasteiger partial charge < -0.3 is 9.80 Å². The predicted molar refractivity (Wildman–Crippen MR) is 117 cm³/mol. The molecule has 0 atom stereocenters. The summed E-state index contributed by atoms with van der Waals surface area (Å²) in [6, 6.07) is 12.7. The summed E-state index contributed by atoms with van der Waals surface area (Å²) < 4.78 is 0. The zero-order valence-corrected chi connectivity index (χ0v) is 17.8. The summed E-state index contributed by atoms with van der Waals surface area (Å²) >= 11 is 1.75. The van der Waals surface area contributed by atoms with Gasteiger partial charge in [0.25, 0.3) is 0 Å². The van der Waals surface area contributed by atoms with E-state index in [1.807, 2.05) is 33.1 Å². The molecule has 0 saturated heterocycles. The number of nitrogens with zero attached hydrogens (tertiary/aromatic N) is 3. The minimum Gasteiger partial charge on any atom is -0.378 e. The average Bonchev–Trinajstić information content (AvgIpc) is 2.64. The van der Waals surface area contributed by atoms with E-state index in [2.05, 4.69) is 53.1 Å². The number of carbonyl (C=O) groups excluding carboxylic acids is 1. The third-order valence-electron chi connectivity index (χ3n) is 4.86. The fourth-order valence-corrected chi connectivity index (χ4v) is 4.37. The maximum absolute atomic E-state index is 13.1. The number of amides is 1. The van der Waals surface area contributed by atoms with Gasteiger partial charge in [-0.1, -0.05) is 31.5 Å². The van der Waals surface area contributed by atoms with Crippen LogP contribution in [0.2, 0.25) is 0 Å². The van der Waals surface area contributed by atoms with E-state index in [-0.39, 0.29) is 5.91 Å². The van der Waals surface area contributed by atoms with Crippen molar-refractivity contribution in [1.29, 1.82) is 0 Å². The summed E-state index contributed by atoms with van der Waals surface area (Å²) in [6.07, 6.45) is 3.74. The summed E-state index contributed by atoms with van der Waals surface area (Å²) in [7, 11) is 8.17. The van der Waals surface area contributed by atoms with E-state index in [4.69, 9.17) is 0 Å². The molecule has 0 spiro atoms. The van der Waals surface area contributed by atoms with Crippen LogP contribution in [0.4, 0.5) is 22.7 Å². The van der Waals surface area contributed by atoms with Gasteiger partial charge in [0.2, 0.25) is 5.91 Å². The number of benzene rings is 2. The van der Waals surface area contributed by atoms with E-state index in [1.165, 1.54) is 0 Å². The Hall–Kier alpha value is -2.14. The first-order valence-corrected chi connectivity index (χ1v) is 10.4. The van der Waals surface area contributed by atoms with Crippen molar-refractivity contribution >= 4 is 40.4 Å². The third kappa shape index (κ3) is 4.08. The lowest BCUT2D eigenvalue weighted by Crippen LogP contribution is -2.28. The van der Waals surface area contributed by atoms with E-state index < -0.39 is 0 Å². The average molecular weight is 384 g/mol. The Morgan fingerprint density at radius 1 is 0.889 bits per heavy atom. The first kappa shape index (κ1) is 19.6. The normalized spacial score (nSPS) is 12.4. The summed E-state index contributed by atoms with van der Waals surface area (Å²) in [5.41, 5.74) is 4.29. The Bertz CT molecular complexity index is 775. The summed E-state index contributed by atoms with van der Waals surface area (Å²) in [4.78, 5) is 21.5. The number of anilines is 4. The summed E-state index contributed by atoms with van der Waals surface area (Å²) in [6.45, 7) is 2.16. The Morgan fingerprint density at radius 2 is 1.41 bits per heavy atom. The number of carbonyl (C=O) groups is 1. The van der Waals surface area contributed by atoms with Crippen molar-refractivity contribution in [3.63, 3.8) is 0 Å². The van der Waals surface area contributed by atoms with Gasteiger partial charge in [0.15, 0.2) is 0 Å². The van der Waals surface area contributed by atoms with Crippen molar-refractivity contribution in [1.82, 2.24) is 0 Å². The highest BCUT2D eigenvalue weighted by molar-refractivity contribution is 7.99. The predicted octanol–water partition coefficient (Wildman–Crippen LogP) is 5.53. The smallest absolute Gasteiger partial charge is 0.231 e. The van der Waals surface area contributed by atoms with Crippen molar-refractivity contribution in [3.05, 3.63) is 36.4 Å². The Morgan fingerprint density at radius 3 is 1.85 bits per heavy atom. The summed E-state index contributed by atoms with van der Waals surface area (Å²) in [5.74, 6) is 0.182. The van der Waals surface area contributed by atoms with Gasteiger partial charge in [0.1, 0.15) is 0 Å². The lowest BCUT2D eigenvalue weighted by Gasteiger charge is -2.32. The molecular formula is C22H29N3OS. The number of hydrogen-bond acceptors (Lipinski definition) is 4. The molecule has 0 bridgehead atoms. The number of fused-ring (bicyclic) bond motifs is 2. The maximum Gasteiger partial charge on any atom is 0.231 e. The highest BCUT2D eigenvalue weighted by atomic mass is 32.2. The van der Waals surface area contributed by atoms with Crippen LogP contribution in [0, 0.1) is 0 Å². The van der Waals surface area contributed by atoms with Gasteiger partial charge in [-0.05, 0) is 42.8 Å². The van der Waals surface area contributed by atoms with Gasteiger partial charge in [-0.3, -0.25) is 9.69 Å². The van der Waals surface area contributed by atoms with E-state index in [9.17, 15) is 4.79 Å². The van der Waals surface area contributed by atoms with Crippen LogP contribution in [0.15, 0.2) is 46.2 Å². The minimum atomic E-state index is 0.182. The van der Waals surface area contributed by atoms with Crippen LogP contribution in [0.1, 0.15) is 32.6 Å². The first-order chi connectivity index (χ1) is 12.9. The molecule has 4 nitrogen and oxygen atoms in total. The highest BCUT2D eigenvalue weighted by Gasteiger charge is 2.28. The molecule has 2 aromatic carbocycles.